The first kappa shape index (κ1) is 25.5. The van der Waals surface area contributed by atoms with Gasteiger partial charge in [0, 0.05) is 5.41 Å². The summed E-state index contributed by atoms with van der Waals surface area (Å²) in [6.07, 6.45) is 9.45. The van der Waals surface area contributed by atoms with Crippen LogP contribution in [0.15, 0.2) is 0 Å². The summed E-state index contributed by atoms with van der Waals surface area (Å²) >= 11 is 0. The predicted octanol–water partition coefficient (Wildman–Crippen LogP) is 5.16. The molecule has 0 amide bonds. The van der Waals surface area contributed by atoms with Gasteiger partial charge in [-0.3, -0.25) is 0 Å². The minimum absolute atomic E-state index is 0.0473. The van der Waals surface area contributed by atoms with Crippen molar-refractivity contribution < 1.29 is 20.4 Å². The molecule has 5 fully saturated rings. The fraction of sp³-hybridized carbons (Fsp3) is 1.00. The molecule has 0 saturated heterocycles. The van der Waals surface area contributed by atoms with Gasteiger partial charge in [0.25, 0.3) is 0 Å². The molecule has 0 unspecified atom stereocenters. The normalized spacial score (nSPS) is 55.7. The zero-order chi connectivity index (χ0) is 24.9. The summed E-state index contributed by atoms with van der Waals surface area (Å²) in [5, 5.41) is 43.9. The Labute approximate surface area is 207 Å². The van der Waals surface area contributed by atoms with E-state index >= 15 is 0 Å². The van der Waals surface area contributed by atoms with Gasteiger partial charge >= 0.3 is 0 Å². The zero-order valence-electron chi connectivity index (χ0n) is 22.7. The third-order valence-corrected chi connectivity index (χ3v) is 13.5. The summed E-state index contributed by atoms with van der Waals surface area (Å²) in [5.74, 6) is 1.87. The Kier molecular flexibility index (Phi) is 5.94. The lowest BCUT2D eigenvalue weighted by atomic mass is 9.41. The second-order valence-electron chi connectivity index (χ2n) is 14.9. The van der Waals surface area contributed by atoms with E-state index in [1.54, 1.807) is 0 Å². The van der Waals surface area contributed by atoms with Crippen molar-refractivity contribution in [1.29, 1.82) is 0 Å². The van der Waals surface area contributed by atoms with E-state index in [4.69, 9.17) is 0 Å². The molecule has 34 heavy (non-hydrogen) atoms. The van der Waals surface area contributed by atoms with E-state index in [1.165, 1.54) is 12.8 Å². The van der Waals surface area contributed by atoms with E-state index in [9.17, 15) is 20.4 Å². The van der Waals surface area contributed by atoms with Crippen molar-refractivity contribution in [3.8, 4) is 0 Å². The average molecular weight is 477 g/mol. The van der Waals surface area contributed by atoms with Crippen molar-refractivity contribution in [2.45, 2.75) is 124 Å². The Morgan fingerprint density at radius 3 is 2.12 bits per heavy atom. The third-order valence-electron chi connectivity index (χ3n) is 13.5. The van der Waals surface area contributed by atoms with Crippen LogP contribution in [0.3, 0.4) is 0 Å². The highest BCUT2D eigenvalue weighted by atomic mass is 16.3. The molecule has 0 aromatic heterocycles. The van der Waals surface area contributed by atoms with Crippen LogP contribution in [0.1, 0.15) is 106 Å². The van der Waals surface area contributed by atoms with Crippen molar-refractivity contribution in [2.24, 2.45) is 56.7 Å². The van der Waals surface area contributed by atoms with Crippen molar-refractivity contribution in [3.05, 3.63) is 0 Å². The lowest BCUT2D eigenvalue weighted by Gasteiger charge is -2.63. The number of aliphatic hydroxyl groups is 4. The molecular weight excluding hydrogens is 424 g/mol. The fourth-order valence-corrected chi connectivity index (χ4v) is 11.4. The maximum absolute atomic E-state index is 11.5. The molecule has 4 heteroatoms. The Hall–Kier alpha value is -0.160. The monoisotopic (exact) mass is 476 g/mol. The summed E-state index contributed by atoms with van der Waals surface area (Å²) < 4.78 is 0. The zero-order valence-corrected chi connectivity index (χ0v) is 22.7. The number of hydrogen-bond donors (Lipinski definition) is 4. The number of hydrogen-bond acceptors (Lipinski definition) is 4. The lowest BCUT2D eigenvalue weighted by Crippen LogP contribution is -2.59. The lowest BCUT2D eigenvalue weighted by molar-refractivity contribution is -0.176. The van der Waals surface area contributed by atoms with Crippen molar-refractivity contribution in [2.75, 3.05) is 6.61 Å². The smallest absolute Gasteiger partial charge is 0.0618 e. The molecule has 0 aromatic carbocycles. The van der Waals surface area contributed by atoms with Crippen LogP contribution >= 0.6 is 0 Å². The molecule has 0 radical (unpaired) electrons. The first-order valence-electron chi connectivity index (χ1n) is 14.5. The SMILES string of the molecule is CC(C)CC[C@H](O)[C@@H](C)[C@H]1[C@@H](O)C[C@@]2(C)[C@@H]3CC[C@H]4[C@](C)(CO)[C@@H](O)CC[C@@]45C[C@@]35CC[C@]12C. The molecule has 4 N–H and O–H groups in total. The Bertz CT molecular complexity index is 799. The van der Waals surface area contributed by atoms with Gasteiger partial charge in [-0.2, -0.15) is 0 Å². The fourth-order valence-electron chi connectivity index (χ4n) is 11.4. The molecule has 0 bridgehead atoms. The minimum Gasteiger partial charge on any atom is -0.396 e. The summed E-state index contributed by atoms with van der Waals surface area (Å²) in [4.78, 5) is 0. The number of fused-ring (bicyclic) bond motifs is 2. The highest BCUT2D eigenvalue weighted by Gasteiger charge is 2.83. The Morgan fingerprint density at radius 1 is 0.824 bits per heavy atom. The van der Waals surface area contributed by atoms with Gasteiger partial charge in [0.05, 0.1) is 24.9 Å². The maximum Gasteiger partial charge on any atom is 0.0618 e. The molecule has 5 rings (SSSR count). The van der Waals surface area contributed by atoms with Crippen molar-refractivity contribution in [3.63, 3.8) is 0 Å². The molecule has 2 spiro atoms. The molecular formula is C30H52O4. The highest BCUT2D eigenvalue weighted by molar-refractivity contribution is 5.31. The van der Waals surface area contributed by atoms with Crippen LogP contribution in [-0.2, 0) is 0 Å². The summed E-state index contributed by atoms with van der Waals surface area (Å²) in [5.41, 5.74) is 0.367. The first-order valence-corrected chi connectivity index (χ1v) is 14.5. The molecule has 4 nitrogen and oxygen atoms in total. The molecule has 5 aliphatic carbocycles. The molecule has 0 heterocycles. The summed E-state index contributed by atoms with van der Waals surface area (Å²) in [7, 11) is 0. The molecule has 5 saturated carbocycles. The van der Waals surface area contributed by atoms with Gasteiger partial charge < -0.3 is 20.4 Å². The molecule has 0 aliphatic heterocycles. The van der Waals surface area contributed by atoms with Gasteiger partial charge in [-0.1, -0.05) is 41.5 Å². The third kappa shape index (κ3) is 2.98. The van der Waals surface area contributed by atoms with Gasteiger partial charge in [-0.25, -0.2) is 0 Å². The van der Waals surface area contributed by atoms with E-state index in [1.807, 2.05) is 0 Å². The Morgan fingerprint density at radius 2 is 1.47 bits per heavy atom. The van der Waals surface area contributed by atoms with Gasteiger partial charge in [0.2, 0.25) is 0 Å². The van der Waals surface area contributed by atoms with Crippen LogP contribution in [0, 0.1) is 56.7 Å². The van der Waals surface area contributed by atoms with E-state index in [0.717, 1.165) is 51.4 Å². The van der Waals surface area contributed by atoms with Crippen LogP contribution in [0.25, 0.3) is 0 Å². The first-order chi connectivity index (χ1) is 15.8. The maximum atomic E-state index is 11.5. The standard InChI is InChI=1S/C30H52O4/c1-18(2)7-8-20(32)19(3)25-21(33)15-28(6)23-10-9-22-26(4,17-31)24(34)11-12-29(22)16-30(23,29)14-13-27(25,28)5/h18-25,31-34H,7-17H2,1-6H3/t19-,20+,21+,22+,23+,24+,25+,26+,27-,28+,29-,30+/m1/s1. The van der Waals surface area contributed by atoms with Crippen LogP contribution < -0.4 is 0 Å². The van der Waals surface area contributed by atoms with Crippen LogP contribution in [0.2, 0.25) is 0 Å². The molecule has 196 valence electrons. The van der Waals surface area contributed by atoms with E-state index in [2.05, 4.69) is 41.5 Å². The van der Waals surface area contributed by atoms with Gasteiger partial charge in [-0.15, -0.1) is 0 Å². The van der Waals surface area contributed by atoms with Gasteiger partial charge in [-0.05, 0) is 115 Å². The highest BCUT2D eigenvalue weighted by Crippen LogP contribution is 2.89. The molecule has 5 aliphatic rings. The van der Waals surface area contributed by atoms with E-state index in [-0.39, 0.29) is 52.3 Å². The van der Waals surface area contributed by atoms with E-state index in [0.29, 0.717) is 23.2 Å². The van der Waals surface area contributed by atoms with Crippen LogP contribution in [0.4, 0.5) is 0 Å². The molecule has 12 atom stereocenters. The van der Waals surface area contributed by atoms with Crippen LogP contribution in [0.5, 0.6) is 0 Å². The van der Waals surface area contributed by atoms with Gasteiger partial charge in [0.1, 0.15) is 0 Å². The summed E-state index contributed by atoms with van der Waals surface area (Å²) in [6, 6.07) is 0. The van der Waals surface area contributed by atoms with Crippen LogP contribution in [-0.4, -0.2) is 45.3 Å². The van der Waals surface area contributed by atoms with Crippen molar-refractivity contribution in [1.82, 2.24) is 0 Å². The minimum atomic E-state index is -0.391. The second kappa shape index (κ2) is 7.92. The largest absolute Gasteiger partial charge is 0.396 e. The molecule has 0 aromatic rings. The topological polar surface area (TPSA) is 80.9 Å². The van der Waals surface area contributed by atoms with Gasteiger partial charge in [0.15, 0.2) is 0 Å². The van der Waals surface area contributed by atoms with E-state index < -0.39 is 6.10 Å². The Balaban J connectivity index is 1.44. The average Bonchev–Trinajstić information content (AvgIpc) is 3.40. The number of aliphatic hydroxyl groups excluding tert-OH is 4. The summed E-state index contributed by atoms with van der Waals surface area (Å²) in [6.45, 7) is 13.8. The second-order valence-corrected chi connectivity index (χ2v) is 14.9. The number of rotatable bonds is 6. The predicted molar refractivity (Wildman–Crippen MR) is 135 cm³/mol. The quantitative estimate of drug-likeness (QED) is 0.427. The van der Waals surface area contributed by atoms with Crippen molar-refractivity contribution >= 4 is 0 Å².